The Labute approximate surface area is 300 Å². The van der Waals surface area contributed by atoms with Gasteiger partial charge in [0.25, 0.3) is 0 Å². The minimum absolute atomic E-state index is 0.874. The number of benzene rings is 8. The Bertz CT molecular complexity index is 3030. The lowest BCUT2D eigenvalue weighted by Crippen LogP contribution is -2.35. The molecule has 3 heterocycles. The smallest absolute Gasteiger partial charge is 0.211 e. The maximum Gasteiger partial charge on any atom is 0.211 e. The first-order valence-corrected chi connectivity index (χ1v) is 18.5. The van der Waals surface area contributed by atoms with Crippen molar-refractivity contribution in [1.29, 1.82) is 0 Å². The van der Waals surface area contributed by atoms with Gasteiger partial charge in [-0.3, -0.25) is 0 Å². The Kier molecular flexibility index (Phi) is 6.17. The standard InChI is InChI=1S/C47H31BN2S/c1-28-19-23-32(24-20-28)49-38-18-10-9-17-36(38)41-34-15-7-8-16-35(34)43-42-33-14-6-5-13-30(33)21-25-39(42)50-45-37-27-31(29-11-3-2-4-12-29)22-26-40(37)51-47(45)48-44(41)46(43)50/h2-27,48-49H,1H3. The normalized spacial score (nSPS) is 12.2. The van der Waals surface area contributed by atoms with E-state index in [1.54, 1.807) is 0 Å². The minimum atomic E-state index is 0.874. The number of aryl methyl sites for hydroxylation is 1. The third-order valence-corrected chi connectivity index (χ3v) is 12.0. The summed E-state index contributed by atoms with van der Waals surface area (Å²) in [6, 6.07) is 58.0. The van der Waals surface area contributed by atoms with Crippen molar-refractivity contribution < 1.29 is 0 Å². The highest BCUT2D eigenvalue weighted by Crippen LogP contribution is 2.46. The van der Waals surface area contributed by atoms with E-state index in [1.807, 2.05) is 11.3 Å². The number of rotatable bonds is 4. The molecular formula is C47H31BN2S. The molecule has 51 heavy (non-hydrogen) atoms. The number of fused-ring (bicyclic) bond motifs is 11. The van der Waals surface area contributed by atoms with E-state index in [9.17, 15) is 0 Å². The van der Waals surface area contributed by atoms with Gasteiger partial charge in [0.05, 0.1) is 11.2 Å². The van der Waals surface area contributed by atoms with Gasteiger partial charge in [0.2, 0.25) is 7.28 Å². The molecule has 2 aromatic heterocycles. The van der Waals surface area contributed by atoms with Gasteiger partial charge in [0.15, 0.2) is 0 Å². The summed E-state index contributed by atoms with van der Waals surface area (Å²) in [6.07, 6.45) is 0. The summed E-state index contributed by atoms with van der Waals surface area (Å²) in [6.45, 7) is 2.14. The van der Waals surface area contributed by atoms with Crippen LogP contribution in [0.3, 0.4) is 0 Å². The number of aromatic nitrogens is 1. The Morgan fingerprint density at radius 1 is 0.588 bits per heavy atom. The van der Waals surface area contributed by atoms with Crippen LogP contribution < -0.4 is 15.6 Å². The molecule has 1 N–H and O–H groups in total. The number of hydrogen-bond acceptors (Lipinski definition) is 2. The fraction of sp³-hybridized carbons (Fsp3) is 0.0213. The minimum Gasteiger partial charge on any atom is -0.355 e. The molecule has 0 amide bonds. The maximum absolute atomic E-state index is 3.80. The second-order valence-electron chi connectivity index (χ2n) is 13.8. The van der Waals surface area contributed by atoms with Gasteiger partial charge < -0.3 is 9.88 Å². The fourth-order valence-corrected chi connectivity index (χ4v) is 9.77. The second kappa shape index (κ2) is 11.0. The van der Waals surface area contributed by atoms with Crippen molar-refractivity contribution in [3.8, 4) is 27.9 Å². The predicted molar refractivity (Wildman–Crippen MR) is 223 cm³/mol. The molecule has 4 heteroatoms. The summed E-state index contributed by atoms with van der Waals surface area (Å²) < 4.78 is 5.37. The van der Waals surface area contributed by atoms with Gasteiger partial charge >= 0.3 is 0 Å². The summed E-state index contributed by atoms with van der Waals surface area (Å²) in [5.41, 5.74) is 13.8. The van der Waals surface area contributed by atoms with E-state index >= 15 is 0 Å². The average molecular weight is 667 g/mol. The highest BCUT2D eigenvalue weighted by molar-refractivity contribution is 7.29. The molecule has 0 atom stereocenters. The van der Waals surface area contributed by atoms with Gasteiger partial charge in [-0.1, -0.05) is 127 Å². The SMILES string of the molecule is Cc1ccc(Nc2ccccc2-c2c3c4c(c5ccccc25)c2c5ccccc5ccc2n4-c2c(sc4ccc(-c5ccccc5)cc24)B3)cc1. The second-order valence-corrected chi connectivity index (χ2v) is 14.9. The van der Waals surface area contributed by atoms with E-state index in [0.29, 0.717) is 0 Å². The van der Waals surface area contributed by atoms with Crippen LogP contribution in [0.2, 0.25) is 0 Å². The van der Waals surface area contributed by atoms with Crippen molar-refractivity contribution in [2.45, 2.75) is 6.92 Å². The van der Waals surface area contributed by atoms with E-state index < -0.39 is 0 Å². The van der Waals surface area contributed by atoms with Gasteiger partial charge in [0, 0.05) is 43.3 Å². The van der Waals surface area contributed by atoms with Crippen molar-refractivity contribution in [2.75, 3.05) is 5.32 Å². The van der Waals surface area contributed by atoms with Crippen LogP contribution >= 0.6 is 11.3 Å². The van der Waals surface area contributed by atoms with Crippen LogP contribution in [0.5, 0.6) is 0 Å². The zero-order valence-corrected chi connectivity index (χ0v) is 28.9. The largest absolute Gasteiger partial charge is 0.355 e. The molecule has 0 fully saturated rings. The number of hydrogen-bond donors (Lipinski definition) is 1. The Morgan fingerprint density at radius 2 is 1.33 bits per heavy atom. The van der Waals surface area contributed by atoms with E-state index in [4.69, 9.17) is 0 Å². The molecule has 0 unspecified atom stereocenters. The molecule has 8 aromatic carbocycles. The van der Waals surface area contributed by atoms with Crippen LogP contribution in [0, 0.1) is 6.92 Å². The fourth-order valence-electron chi connectivity index (χ4n) is 8.59. The summed E-state index contributed by atoms with van der Waals surface area (Å²) in [7, 11) is 0.874. The monoisotopic (exact) mass is 666 g/mol. The Hall–Kier alpha value is -6.10. The molecule has 0 radical (unpaired) electrons. The lowest BCUT2D eigenvalue weighted by atomic mass is 9.62. The predicted octanol–water partition coefficient (Wildman–Crippen LogP) is 11.4. The zero-order chi connectivity index (χ0) is 33.6. The quantitative estimate of drug-likeness (QED) is 0.185. The molecule has 0 spiro atoms. The number of para-hydroxylation sites is 1. The van der Waals surface area contributed by atoms with Crippen LogP contribution in [0.15, 0.2) is 158 Å². The van der Waals surface area contributed by atoms with Crippen LogP contribution in [0.1, 0.15) is 5.56 Å². The van der Waals surface area contributed by atoms with Crippen LogP contribution in [-0.4, -0.2) is 11.8 Å². The molecule has 0 bridgehead atoms. The van der Waals surface area contributed by atoms with Crippen molar-refractivity contribution in [1.82, 2.24) is 4.57 Å². The molecule has 2 nitrogen and oxygen atoms in total. The third kappa shape index (κ3) is 4.24. The topological polar surface area (TPSA) is 17.0 Å². The van der Waals surface area contributed by atoms with Crippen molar-refractivity contribution in [3.05, 3.63) is 163 Å². The Morgan fingerprint density at radius 3 is 2.20 bits per heavy atom. The maximum atomic E-state index is 3.80. The van der Waals surface area contributed by atoms with Crippen LogP contribution in [0.4, 0.5) is 11.4 Å². The highest BCUT2D eigenvalue weighted by Gasteiger charge is 2.32. The third-order valence-electron chi connectivity index (χ3n) is 10.8. The molecule has 238 valence electrons. The van der Waals surface area contributed by atoms with Crippen molar-refractivity contribution in [3.63, 3.8) is 0 Å². The van der Waals surface area contributed by atoms with E-state index in [1.165, 1.54) is 97.2 Å². The van der Waals surface area contributed by atoms with Crippen molar-refractivity contribution >= 4 is 93.7 Å². The molecular weight excluding hydrogens is 635 g/mol. The lowest BCUT2D eigenvalue weighted by molar-refractivity contribution is 1.22. The van der Waals surface area contributed by atoms with Crippen molar-refractivity contribution in [2.24, 2.45) is 0 Å². The average Bonchev–Trinajstić information content (AvgIpc) is 3.73. The van der Waals surface area contributed by atoms with E-state index in [-0.39, 0.29) is 0 Å². The first-order valence-electron chi connectivity index (χ1n) is 17.6. The van der Waals surface area contributed by atoms with Crippen LogP contribution in [0.25, 0.3) is 81.4 Å². The summed E-state index contributed by atoms with van der Waals surface area (Å²) in [5, 5.41) is 13.0. The molecule has 11 rings (SSSR count). The van der Waals surface area contributed by atoms with Gasteiger partial charge in [0.1, 0.15) is 0 Å². The number of nitrogens with zero attached hydrogens (tertiary/aromatic N) is 1. The van der Waals surface area contributed by atoms with Gasteiger partial charge in [-0.25, -0.2) is 0 Å². The number of thiophene rings is 1. The van der Waals surface area contributed by atoms with E-state index in [2.05, 4.69) is 175 Å². The summed E-state index contributed by atoms with van der Waals surface area (Å²) in [5.74, 6) is 0. The van der Waals surface area contributed by atoms with Crippen LogP contribution in [-0.2, 0) is 0 Å². The zero-order valence-electron chi connectivity index (χ0n) is 28.1. The first kappa shape index (κ1) is 28.7. The van der Waals surface area contributed by atoms with Gasteiger partial charge in [-0.05, 0) is 91.8 Å². The first-order chi connectivity index (χ1) is 25.2. The van der Waals surface area contributed by atoms with E-state index in [0.717, 1.165) is 18.7 Å². The Balaban J connectivity index is 1.29. The highest BCUT2D eigenvalue weighted by atomic mass is 32.1. The molecule has 10 aromatic rings. The summed E-state index contributed by atoms with van der Waals surface area (Å²) in [4.78, 5) is 0. The van der Waals surface area contributed by atoms with Gasteiger partial charge in [-0.2, -0.15) is 0 Å². The molecule has 0 saturated carbocycles. The lowest BCUT2D eigenvalue weighted by Gasteiger charge is -2.24. The molecule has 1 aliphatic rings. The molecule has 0 aliphatic carbocycles. The number of nitrogens with one attached hydrogen (secondary N) is 1. The summed E-state index contributed by atoms with van der Waals surface area (Å²) >= 11 is 1.95. The van der Waals surface area contributed by atoms with Gasteiger partial charge in [-0.15, -0.1) is 11.3 Å². The number of anilines is 2. The molecule has 0 saturated heterocycles. The molecule has 1 aliphatic heterocycles.